The zero-order chi connectivity index (χ0) is 11.4. The van der Waals surface area contributed by atoms with Gasteiger partial charge in [-0.05, 0) is 31.4 Å². The minimum absolute atomic E-state index is 0.00826. The van der Waals surface area contributed by atoms with Gasteiger partial charge in [0, 0.05) is 25.2 Å². The summed E-state index contributed by atoms with van der Waals surface area (Å²) in [5.74, 6) is 2.57. The Kier molecular flexibility index (Phi) is 3.31. The van der Waals surface area contributed by atoms with Crippen molar-refractivity contribution in [2.24, 2.45) is 0 Å². The first-order valence-corrected chi connectivity index (χ1v) is 5.71. The van der Waals surface area contributed by atoms with Gasteiger partial charge in [0.15, 0.2) is 0 Å². The van der Waals surface area contributed by atoms with Gasteiger partial charge in [-0.2, -0.15) is 0 Å². The second-order valence-electron chi connectivity index (χ2n) is 4.10. The molecular weight excluding hydrogens is 200 g/mol. The molecule has 1 fully saturated rings. The van der Waals surface area contributed by atoms with E-state index in [0.717, 1.165) is 12.1 Å². The van der Waals surface area contributed by atoms with Crippen LogP contribution in [0.1, 0.15) is 42.2 Å². The predicted octanol–water partition coefficient (Wildman–Crippen LogP) is 1.97. The van der Waals surface area contributed by atoms with Gasteiger partial charge >= 0.3 is 0 Å². The number of terminal acetylenes is 1. The average Bonchev–Trinajstić information content (AvgIpc) is 3.02. The SMILES string of the molecule is C#CCCCNC(=O)c1cccn1C1CC1. The molecule has 16 heavy (non-hydrogen) atoms. The van der Waals surface area contributed by atoms with Crippen LogP contribution in [0.5, 0.6) is 0 Å². The van der Waals surface area contributed by atoms with Gasteiger partial charge in [0.1, 0.15) is 5.69 Å². The molecule has 0 bridgehead atoms. The number of amides is 1. The van der Waals surface area contributed by atoms with Crippen LogP contribution < -0.4 is 5.32 Å². The van der Waals surface area contributed by atoms with E-state index in [1.807, 2.05) is 18.3 Å². The number of hydrogen-bond donors (Lipinski definition) is 1. The van der Waals surface area contributed by atoms with Crippen molar-refractivity contribution in [3.8, 4) is 12.3 Å². The van der Waals surface area contributed by atoms with Gasteiger partial charge in [-0.1, -0.05) is 0 Å². The van der Waals surface area contributed by atoms with Crippen molar-refractivity contribution in [1.82, 2.24) is 9.88 Å². The summed E-state index contributed by atoms with van der Waals surface area (Å²) in [5.41, 5.74) is 0.767. The van der Waals surface area contributed by atoms with Crippen molar-refractivity contribution >= 4 is 5.91 Å². The Balaban J connectivity index is 1.88. The van der Waals surface area contributed by atoms with Gasteiger partial charge in [0.2, 0.25) is 0 Å². The zero-order valence-corrected chi connectivity index (χ0v) is 9.28. The monoisotopic (exact) mass is 216 g/mol. The fourth-order valence-electron chi connectivity index (χ4n) is 1.74. The highest BCUT2D eigenvalue weighted by Crippen LogP contribution is 2.35. The number of hydrogen-bond acceptors (Lipinski definition) is 1. The van der Waals surface area contributed by atoms with E-state index in [0.29, 0.717) is 19.0 Å². The smallest absolute Gasteiger partial charge is 0.267 e. The summed E-state index contributed by atoms with van der Waals surface area (Å²) in [6, 6.07) is 4.34. The highest BCUT2D eigenvalue weighted by Gasteiger charge is 2.26. The Morgan fingerprint density at radius 1 is 1.62 bits per heavy atom. The van der Waals surface area contributed by atoms with Crippen molar-refractivity contribution < 1.29 is 4.79 Å². The van der Waals surface area contributed by atoms with E-state index in [9.17, 15) is 4.79 Å². The lowest BCUT2D eigenvalue weighted by Gasteiger charge is -2.07. The molecule has 1 aromatic rings. The largest absolute Gasteiger partial charge is 0.351 e. The quantitative estimate of drug-likeness (QED) is 0.592. The molecule has 0 atom stereocenters. The topological polar surface area (TPSA) is 34.0 Å². The van der Waals surface area contributed by atoms with E-state index >= 15 is 0 Å². The van der Waals surface area contributed by atoms with Crippen LogP contribution in [0.25, 0.3) is 0 Å². The summed E-state index contributed by atoms with van der Waals surface area (Å²) in [6.45, 7) is 0.652. The molecule has 1 aromatic heterocycles. The maximum Gasteiger partial charge on any atom is 0.267 e. The van der Waals surface area contributed by atoms with E-state index in [1.54, 1.807) is 0 Å². The molecule has 0 saturated heterocycles. The third kappa shape index (κ3) is 2.46. The molecule has 1 aliphatic carbocycles. The van der Waals surface area contributed by atoms with Gasteiger partial charge < -0.3 is 9.88 Å². The first kappa shape index (κ1) is 10.8. The van der Waals surface area contributed by atoms with Crippen LogP contribution in [0, 0.1) is 12.3 Å². The summed E-state index contributed by atoms with van der Waals surface area (Å²) >= 11 is 0. The summed E-state index contributed by atoms with van der Waals surface area (Å²) in [6.07, 6.45) is 11.1. The van der Waals surface area contributed by atoms with Gasteiger partial charge in [-0.25, -0.2) is 0 Å². The Morgan fingerprint density at radius 3 is 3.12 bits per heavy atom. The fourth-order valence-corrected chi connectivity index (χ4v) is 1.74. The number of carbonyl (C=O) groups excluding carboxylic acids is 1. The molecule has 1 saturated carbocycles. The number of rotatable bonds is 5. The Hall–Kier alpha value is -1.69. The standard InChI is InChI=1S/C13H16N2O/c1-2-3-4-9-14-13(16)12-6-5-10-15(12)11-7-8-11/h1,5-6,10-11H,3-4,7-9H2,(H,14,16). The molecule has 1 aliphatic rings. The molecule has 0 aromatic carbocycles. The molecule has 0 unspecified atom stereocenters. The second-order valence-corrected chi connectivity index (χ2v) is 4.10. The fraction of sp³-hybridized carbons (Fsp3) is 0.462. The second kappa shape index (κ2) is 4.89. The highest BCUT2D eigenvalue weighted by atomic mass is 16.1. The third-order valence-electron chi connectivity index (χ3n) is 2.74. The molecule has 1 amide bonds. The Bertz CT molecular complexity index is 410. The van der Waals surface area contributed by atoms with Crippen LogP contribution in [-0.2, 0) is 0 Å². The van der Waals surface area contributed by atoms with Crippen LogP contribution in [0.4, 0.5) is 0 Å². The van der Waals surface area contributed by atoms with Gasteiger partial charge in [-0.3, -0.25) is 4.79 Å². The zero-order valence-electron chi connectivity index (χ0n) is 9.28. The van der Waals surface area contributed by atoms with E-state index in [2.05, 4.69) is 15.8 Å². The number of nitrogens with zero attached hydrogens (tertiary/aromatic N) is 1. The van der Waals surface area contributed by atoms with E-state index in [4.69, 9.17) is 6.42 Å². The minimum atomic E-state index is 0.00826. The predicted molar refractivity (Wildman–Crippen MR) is 63.1 cm³/mol. The summed E-state index contributed by atoms with van der Waals surface area (Å²) in [5, 5.41) is 2.89. The number of nitrogens with one attached hydrogen (secondary N) is 1. The Labute approximate surface area is 95.8 Å². The van der Waals surface area contributed by atoms with Crippen molar-refractivity contribution in [2.75, 3.05) is 6.54 Å². The first-order chi connectivity index (χ1) is 7.83. The van der Waals surface area contributed by atoms with Crippen LogP contribution >= 0.6 is 0 Å². The molecule has 3 nitrogen and oxygen atoms in total. The minimum Gasteiger partial charge on any atom is -0.351 e. The molecule has 0 spiro atoms. The maximum absolute atomic E-state index is 11.8. The summed E-state index contributed by atoms with van der Waals surface area (Å²) in [4.78, 5) is 11.8. The molecule has 0 radical (unpaired) electrons. The van der Waals surface area contributed by atoms with E-state index in [-0.39, 0.29) is 5.91 Å². The molecule has 3 heteroatoms. The molecule has 84 valence electrons. The Morgan fingerprint density at radius 2 is 2.44 bits per heavy atom. The van der Waals surface area contributed by atoms with Crippen molar-refractivity contribution in [3.63, 3.8) is 0 Å². The van der Waals surface area contributed by atoms with Crippen LogP contribution in [0.15, 0.2) is 18.3 Å². The van der Waals surface area contributed by atoms with Crippen molar-refractivity contribution in [3.05, 3.63) is 24.0 Å². The van der Waals surface area contributed by atoms with Crippen molar-refractivity contribution in [1.29, 1.82) is 0 Å². The van der Waals surface area contributed by atoms with Crippen molar-refractivity contribution in [2.45, 2.75) is 31.7 Å². The first-order valence-electron chi connectivity index (χ1n) is 5.71. The van der Waals surface area contributed by atoms with Crippen LogP contribution in [0.3, 0.4) is 0 Å². The van der Waals surface area contributed by atoms with Crippen LogP contribution in [-0.4, -0.2) is 17.0 Å². The number of unbranched alkanes of at least 4 members (excludes halogenated alkanes) is 1. The van der Waals surface area contributed by atoms with Crippen LogP contribution in [0.2, 0.25) is 0 Å². The van der Waals surface area contributed by atoms with E-state index in [1.165, 1.54) is 12.8 Å². The maximum atomic E-state index is 11.8. The third-order valence-corrected chi connectivity index (χ3v) is 2.74. The molecule has 1 heterocycles. The summed E-state index contributed by atoms with van der Waals surface area (Å²) < 4.78 is 2.07. The highest BCUT2D eigenvalue weighted by molar-refractivity contribution is 5.92. The lowest BCUT2D eigenvalue weighted by molar-refractivity contribution is 0.0944. The molecular formula is C13H16N2O. The van der Waals surface area contributed by atoms with Gasteiger partial charge in [0.05, 0.1) is 0 Å². The average molecular weight is 216 g/mol. The van der Waals surface area contributed by atoms with Gasteiger partial charge in [0.25, 0.3) is 5.91 Å². The number of aromatic nitrogens is 1. The molecule has 2 rings (SSSR count). The summed E-state index contributed by atoms with van der Waals surface area (Å²) in [7, 11) is 0. The molecule has 0 aliphatic heterocycles. The lowest BCUT2D eigenvalue weighted by Crippen LogP contribution is -2.26. The van der Waals surface area contributed by atoms with E-state index < -0.39 is 0 Å². The lowest BCUT2D eigenvalue weighted by atomic mass is 10.3. The van der Waals surface area contributed by atoms with Gasteiger partial charge in [-0.15, -0.1) is 12.3 Å². The molecule has 1 N–H and O–H groups in total. The normalized spacial score (nSPS) is 14.4. The number of carbonyl (C=O) groups is 1.